The van der Waals surface area contributed by atoms with Crippen LogP contribution in [0.1, 0.15) is 72.6 Å². The second-order valence-electron chi connectivity index (χ2n) is 7.45. The monoisotopic (exact) mass is 326 g/mol. The van der Waals surface area contributed by atoms with E-state index in [0.717, 1.165) is 25.8 Å². The maximum atomic E-state index is 12.1. The number of amides is 2. The number of piperidine rings is 1. The van der Waals surface area contributed by atoms with Crippen molar-refractivity contribution in [1.82, 2.24) is 10.2 Å². The first kappa shape index (κ1) is 19.8. The Morgan fingerprint density at radius 3 is 2.26 bits per heavy atom. The number of ether oxygens (including phenoxy) is 1. The Bertz CT molecular complexity index is 369. The molecule has 1 saturated heterocycles. The van der Waals surface area contributed by atoms with Crippen LogP contribution in [0, 0.1) is 5.92 Å². The van der Waals surface area contributed by atoms with Crippen molar-refractivity contribution in [3.63, 3.8) is 0 Å². The van der Waals surface area contributed by atoms with Gasteiger partial charge in [-0.05, 0) is 40.0 Å². The van der Waals surface area contributed by atoms with Crippen molar-refractivity contribution in [3.8, 4) is 0 Å². The highest BCUT2D eigenvalue weighted by Gasteiger charge is 2.29. The molecule has 2 amide bonds. The van der Waals surface area contributed by atoms with Crippen molar-refractivity contribution in [3.05, 3.63) is 0 Å². The largest absolute Gasteiger partial charge is 0.444 e. The summed E-state index contributed by atoms with van der Waals surface area (Å²) in [4.78, 5) is 25.8. The summed E-state index contributed by atoms with van der Waals surface area (Å²) in [6, 6.07) is 0. The first-order valence-electron chi connectivity index (χ1n) is 9.09. The number of hydrogen-bond acceptors (Lipinski definition) is 3. The number of carbonyl (C=O) groups is 2. The van der Waals surface area contributed by atoms with E-state index >= 15 is 0 Å². The second-order valence-corrected chi connectivity index (χ2v) is 7.45. The van der Waals surface area contributed by atoms with Crippen LogP contribution in [0.25, 0.3) is 0 Å². The molecular weight excluding hydrogens is 292 g/mol. The van der Waals surface area contributed by atoms with Crippen molar-refractivity contribution >= 4 is 12.0 Å². The molecule has 23 heavy (non-hydrogen) atoms. The first-order valence-corrected chi connectivity index (χ1v) is 9.09. The Kier molecular flexibility index (Phi) is 8.42. The predicted molar refractivity (Wildman–Crippen MR) is 92.3 cm³/mol. The lowest BCUT2D eigenvalue weighted by Crippen LogP contribution is -2.45. The van der Waals surface area contributed by atoms with Gasteiger partial charge in [0, 0.05) is 25.6 Å². The predicted octanol–water partition coefficient (Wildman–Crippen LogP) is 3.72. The highest BCUT2D eigenvalue weighted by atomic mass is 16.6. The zero-order valence-corrected chi connectivity index (χ0v) is 15.3. The molecule has 1 aliphatic heterocycles. The molecule has 0 aromatic rings. The quantitative estimate of drug-likeness (QED) is 0.725. The molecule has 0 aromatic carbocycles. The summed E-state index contributed by atoms with van der Waals surface area (Å²) >= 11 is 0. The van der Waals surface area contributed by atoms with E-state index in [1.165, 1.54) is 25.7 Å². The van der Waals surface area contributed by atoms with Crippen molar-refractivity contribution in [1.29, 1.82) is 0 Å². The van der Waals surface area contributed by atoms with Crippen LogP contribution in [0.4, 0.5) is 4.79 Å². The van der Waals surface area contributed by atoms with E-state index in [1.54, 1.807) is 4.90 Å². The first-order chi connectivity index (χ1) is 10.8. The number of nitrogens with one attached hydrogen (secondary N) is 1. The van der Waals surface area contributed by atoms with Gasteiger partial charge in [0.2, 0.25) is 5.91 Å². The van der Waals surface area contributed by atoms with E-state index < -0.39 is 5.60 Å². The van der Waals surface area contributed by atoms with Gasteiger partial charge in [0.25, 0.3) is 0 Å². The van der Waals surface area contributed by atoms with Gasteiger partial charge in [-0.3, -0.25) is 4.79 Å². The van der Waals surface area contributed by atoms with E-state index in [2.05, 4.69) is 12.2 Å². The summed E-state index contributed by atoms with van der Waals surface area (Å²) in [5.41, 5.74) is -0.469. The van der Waals surface area contributed by atoms with Gasteiger partial charge in [-0.2, -0.15) is 0 Å². The number of nitrogens with zero attached hydrogens (tertiary/aromatic N) is 1. The summed E-state index contributed by atoms with van der Waals surface area (Å²) in [6.07, 6.45) is 7.18. The van der Waals surface area contributed by atoms with Crippen LogP contribution < -0.4 is 5.32 Å². The number of carbonyl (C=O) groups excluding carboxylic acids is 2. The summed E-state index contributed by atoms with van der Waals surface area (Å²) in [6.45, 7) is 9.77. The molecule has 5 heteroatoms. The summed E-state index contributed by atoms with van der Waals surface area (Å²) < 4.78 is 5.37. The van der Waals surface area contributed by atoms with Crippen LogP contribution in [0.5, 0.6) is 0 Å². The minimum absolute atomic E-state index is 0.0318. The maximum absolute atomic E-state index is 12.1. The minimum Gasteiger partial charge on any atom is -0.444 e. The van der Waals surface area contributed by atoms with Gasteiger partial charge in [0.1, 0.15) is 5.60 Å². The van der Waals surface area contributed by atoms with E-state index in [9.17, 15) is 9.59 Å². The lowest BCUT2D eigenvalue weighted by Gasteiger charge is -2.32. The van der Waals surface area contributed by atoms with Gasteiger partial charge in [-0.1, -0.05) is 32.6 Å². The smallest absolute Gasteiger partial charge is 0.410 e. The second kappa shape index (κ2) is 9.78. The van der Waals surface area contributed by atoms with Crippen molar-refractivity contribution in [2.45, 2.75) is 78.2 Å². The molecule has 0 radical (unpaired) electrons. The Balaban J connectivity index is 2.19. The molecule has 1 aliphatic rings. The summed E-state index contributed by atoms with van der Waals surface area (Å²) in [7, 11) is 0. The van der Waals surface area contributed by atoms with Gasteiger partial charge in [0.15, 0.2) is 0 Å². The van der Waals surface area contributed by atoms with Crippen LogP contribution in [-0.2, 0) is 9.53 Å². The molecule has 0 aromatic heterocycles. The number of likely N-dealkylation sites (tertiary alicyclic amines) is 1. The lowest BCUT2D eigenvalue weighted by atomic mass is 9.96. The summed E-state index contributed by atoms with van der Waals surface area (Å²) in [5, 5.41) is 3.04. The number of unbranched alkanes of at least 4 members (excludes halogenated alkanes) is 4. The molecular formula is C18H34N2O3. The van der Waals surface area contributed by atoms with E-state index in [4.69, 9.17) is 4.74 Å². The van der Waals surface area contributed by atoms with E-state index in [-0.39, 0.29) is 17.9 Å². The molecule has 1 N–H and O–H groups in total. The normalized spacial score (nSPS) is 16.3. The third-order valence-corrected chi connectivity index (χ3v) is 4.10. The van der Waals surface area contributed by atoms with Gasteiger partial charge in [0.05, 0.1) is 0 Å². The summed E-state index contributed by atoms with van der Waals surface area (Å²) in [5.74, 6) is 0.175. The molecule has 1 fully saturated rings. The van der Waals surface area contributed by atoms with Crippen molar-refractivity contribution < 1.29 is 14.3 Å². The molecule has 0 saturated carbocycles. The van der Waals surface area contributed by atoms with Gasteiger partial charge in [-0.25, -0.2) is 4.79 Å². The molecule has 0 aliphatic carbocycles. The molecule has 0 atom stereocenters. The topological polar surface area (TPSA) is 58.6 Å². The van der Waals surface area contributed by atoms with E-state index in [0.29, 0.717) is 13.1 Å². The number of rotatable bonds is 7. The Morgan fingerprint density at radius 2 is 1.70 bits per heavy atom. The van der Waals surface area contributed by atoms with Crippen LogP contribution in [0.2, 0.25) is 0 Å². The fourth-order valence-corrected chi connectivity index (χ4v) is 2.74. The molecule has 134 valence electrons. The zero-order valence-electron chi connectivity index (χ0n) is 15.3. The molecule has 1 rings (SSSR count). The standard InChI is InChI=1S/C18H34N2O3/c1-5-6-7-8-9-12-19-16(21)15-10-13-20(14-11-15)17(22)23-18(2,3)4/h15H,5-14H2,1-4H3,(H,19,21). The third kappa shape index (κ3) is 8.24. The van der Waals surface area contributed by atoms with Gasteiger partial charge >= 0.3 is 6.09 Å². The van der Waals surface area contributed by atoms with Crippen LogP contribution in [-0.4, -0.2) is 42.1 Å². The Hall–Kier alpha value is -1.26. The SMILES string of the molecule is CCCCCCCNC(=O)C1CCN(C(=O)OC(C)(C)C)CC1. The molecule has 0 unspecified atom stereocenters. The zero-order chi connectivity index (χ0) is 17.3. The third-order valence-electron chi connectivity index (χ3n) is 4.10. The average Bonchev–Trinajstić information content (AvgIpc) is 2.49. The van der Waals surface area contributed by atoms with Crippen LogP contribution >= 0.6 is 0 Å². The molecule has 1 heterocycles. The fourth-order valence-electron chi connectivity index (χ4n) is 2.74. The lowest BCUT2D eigenvalue weighted by molar-refractivity contribution is -0.126. The Morgan fingerprint density at radius 1 is 1.09 bits per heavy atom. The Labute approximate surface area is 141 Å². The molecule has 5 nitrogen and oxygen atoms in total. The molecule has 0 bridgehead atoms. The van der Waals surface area contributed by atoms with Crippen LogP contribution in [0.3, 0.4) is 0 Å². The van der Waals surface area contributed by atoms with Gasteiger partial charge in [-0.15, -0.1) is 0 Å². The number of hydrogen-bond donors (Lipinski definition) is 1. The highest BCUT2D eigenvalue weighted by Crippen LogP contribution is 2.19. The highest BCUT2D eigenvalue weighted by molar-refractivity contribution is 5.79. The minimum atomic E-state index is -0.469. The van der Waals surface area contributed by atoms with Crippen molar-refractivity contribution in [2.24, 2.45) is 5.92 Å². The maximum Gasteiger partial charge on any atom is 0.410 e. The fraction of sp³-hybridized carbons (Fsp3) is 0.889. The van der Waals surface area contributed by atoms with Crippen LogP contribution in [0.15, 0.2) is 0 Å². The average molecular weight is 326 g/mol. The molecule has 0 spiro atoms. The van der Waals surface area contributed by atoms with Crippen molar-refractivity contribution in [2.75, 3.05) is 19.6 Å². The van der Waals surface area contributed by atoms with Gasteiger partial charge < -0.3 is 15.0 Å². The van der Waals surface area contributed by atoms with E-state index in [1.807, 2.05) is 20.8 Å².